The van der Waals surface area contributed by atoms with Gasteiger partial charge >= 0.3 is 0 Å². The lowest BCUT2D eigenvalue weighted by Gasteiger charge is -2.10. The van der Waals surface area contributed by atoms with Gasteiger partial charge in [0.2, 0.25) is 0 Å². The van der Waals surface area contributed by atoms with Crippen molar-refractivity contribution in [3.8, 4) is 11.3 Å². The molecule has 1 unspecified atom stereocenters. The van der Waals surface area contributed by atoms with E-state index in [-0.39, 0.29) is 17.5 Å². The van der Waals surface area contributed by atoms with E-state index in [4.69, 9.17) is 5.73 Å². The second kappa shape index (κ2) is 4.87. The standard InChI is InChI=1S/C15H19N3O2S/c1-10-3-5-12(6-4-10)14-11(2)15(16)18(17-14)13-7-8-21(19,20)9-13/h3-6,13H,7-9,16H2,1-2H3. The van der Waals surface area contributed by atoms with Crippen LogP contribution >= 0.6 is 0 Å². The Kier molecular flexibility index (Phi) is 3.28. The minimum atomic E-state index is -2.95. The van der Waals surface area contributed by atoms with Crippen LogP contribution in [-0.4, -0.2) is 29.7 Å². The number of benzene rings is 1. The summed E-state index contributed by atoms with van der Waals surface area (Å²) in [4.78, 5) is 0. The summed E-state index contributed by atoms with van der Waals surface area (Å²) >= 11 is 0. The van der Waals surface area contributed by atoms with Crippen molar-refractivity contribution in [2.45, 2.75) is 26.3 Å². The number of hydrogen-bond acceptors (Lipinski definition) is 4. The van der Waals surface area contributed by atoms with E-state index >= 15 is 0 Å². The average molecular weight is 305 g/mol. The lowest BCUT2D eigenvalue weighted by molar-refractivity contribution is 0.508. The second-order valence-corrected chi connectivity index (χ2v) is 7.96. The summed E-state index contributed by atoms with van der Waals surface area (Å²) in [6.07, 6.45) is 0.584. The molecule has 1 aromatic carbocycles. The molecule has 0 amide bonds. The third kappa shape index (κ3) is 2.55. The van der Waals surface area contributed by atoms with Crippen LogP contribution in [-0.2, 0) is 9.84 Å². The Bertz CT molecular complexity index is 776. The number of hydrogen-bond donors (Lipinski definition) is 1. The minimum Gasteiger partial charge on any atom is -0.384 e. The van der Waals surface area contributed by atoms with Crippen LogP contribution in [0.25, 0.3) is 11.3 Å². The van der Waals surface area contributed by atoms with Crippen LogP contribution < -0.4 is 5.73 Å². The van der Waals surface area contributed by atoms with E-state index in [9.17, 15) is 8.42 Å². The molecule has 2 aromatic rings. The van der Waals surface area contributed by atoms with E-state index in [1.54, 1.807) is 4.68 Å². The van der Waals surface area contributed by atoms with Crippen molar-refractivity contribution in [1.29, 1.82) is 0 Å². The third-order valence-electron chi connectivity index (χ3n) is 4.07. The number of aryl methyl sites for hydroxylation is 1. The van der Waals surface area contributed by atoms with Crippen LogP contribution in [0.15, 0.2) is 24.3 Å². The van der Waals surface area contributed by atoms with Gasteiger partial charge in [-0.05, 0) is 20.3 Å². The Morgan fingerprint density at radius 1 is 1.24 bits per heavy atom. The molecule has 0 aliphatic carbocycles. The molecule has 0 bridgehead atoms. The maximum absolute atomic E-state index is 11.6. The zero-order chi connectivity index (χ0) is 15.2. The summed E-state index contributed by atoms with van der Waals surface area (Å²) in [6, 6.07) is 7.95. The number of nitrogen functional groups attached to an aromatic ring is 1. The molecule has 2 N–H and O–H groups in total. The van der Waals surface area contributed by atoms with Crippen molar-refractivity contribution in [2.24, 2.45) is 0 Å². The number of aromatic nitrogens is 2. The highest BCUT2D eigenvalue weighted by molar-refractivity contribution is 7.91. The van der Waals surface area contributed by atoms with Gasteiger partial charge in [0.15, 0.2) is 9.84 Å². The van der Waals surface area contributed by atoms with E-state index in [1.165, 1.54) is 5.56 Å². The predicted octanol–water partition coefficient (Wildman–Crippen LogP) is 2.11. The summed E-state index contributed by atoms with van der Waals surface area (Å²) in [7, 11) is -2.95. The molecule has 1 aliphatic heterocycles. The van der Waals surface area contributed by atoms with Crippen molar-refractivity contribution in [2.75, 3.05) is 17.2 Å². The SMILES string of the molecule is Cc1ccc(-c2nn(C3CCS(=O)(=O)C3)c(N)c2C)cc1. The van der Waals surface area contributed by atoms with Gasteiger partial charge in [-0.15, -0.1) is 0 Å². The molecule has 21 heavy (non-hydrogen) atoms. The number of sulfone groups is 1. The Labute approximate surface area is 124 Å². The first kappa shape index (κ1) is 14.1. The number of nitrogens with two attached hydrogens (primary N) is 1. The Balaban J connectivity index is 2.02. The molecule has 2 heterocycles. The highest BCUT2D eigenvalue weighted by Crippen LogP contribution is 2.32. The number of anilines is 1. The topological polar surface area (TPSA) is 78.0 Å². The van der Waals surface area contributed by atoms with Crippen molar-refractivity contribution < 1.29 is 8.42 Å². The Morgan fingerprint density at radius 3 is 2.48 bits per heavy atom. The van der Waals surface area contributed by atoms with E-state index in [0.717, 1.165) is 16.8 Å². The fourth-order valence-electron chi connectivity index (χ4n) is 2.76. The number of rotatable bonds is 2. The average Bonchev–Trinajstić information content (AvgIpc) is 2.93. The molecular weight excluding hydrogens is 286 g/mol. The van der Waals surface area contributed by atoms with Gasteiger partial charge < -0.3 is 5.73 Å². The van der Waals surface area contributed by atoms with Crippen LogP contribution in [0.2, 0.25) is 0 Å². The van der Waals surface area contributed by atoms with E-state index in [1.807, 2.05) is 38.1 Å². The maximum Gasteiger partial charge on any atom is 0.152 e. The molecule has 1 saturated heterocycles. The van der Waals surface area contributed by atoms with Gasteiger partial charge in [-0.1, -0.05) is 29.8 Å². The third-order valence-corrected chi connectivity index (χ3v) is 5.82. The van der Waals surface area contributed by atoms with Gasteiger partial charge in [0, 0.05) is 11.1 Å². The summed E-state index contributed by atoms with van der Waals surface area (Å²) in [6.45, 7) is 3.96. The van der Waals surface area contributed by atoms with E-state index in [2.05, 4.69) is 5.10 Å². The molecule has 1 atom stereocenters. The van der Waals surface area contributed by atoms with Crippen LogP contribution in [0.3, 0.4) is 0 Å². The van der Waals surface area contributed by atoms with Gasteiger partial charge in [-0.3, -0.25) is 0 Å². The first-order valence-electron chi connectivity index (χ1n) is 6.99. The van der Waals surface area contributed by atoms with Crippen LogP contribution in [0.1, 0.15) is 23.6 Å². The first-order chi connectivity index (χ1) is 9.87. The fraction of sp³-hybridized carbons (Fsp3) is 0.400. The summed E-state index contributed by atoms with van der Waals surface area (Å²) < 4.78 is 25.0. The molecular formula is C15H19N3O2S. The molecule has 1 aliphatic rings. The lowest BCUT2D eigenvalue weighted by atomic mass is 10.1. The highest BCUT2D eigenvalue weighted by Gasteiger charge is 2.31. The molecule has 112 valence electrons. The monoisotopic (exact) mass is 305 g/mol. The van der Waals surface area contributed by atoms with Crippen LogP contribution in [0, 0.1) is 13.8 Å². The van der Waals surface area contributed by atoms with E-state index < -0.39 is 9.84 Å². The van der Waals surface area contributed by atoms with Gasteiger partial charge in [-0.25, -0.2) is 13.1 Å². The highest BCUT2D eigenvalue weighted by atomic mass is 32.2. The zero-order valence-corrected chi connectivity index (χ0v) is 13.0. The maximum atomic E-state index is 11.6. The van der Waals surface area contributed by atoms with Crippen molar-refractivity contribution in [1.82, 2.24) is 9.78 Å². The normalized spacial score (nSPS) is 20.8. The van der Waals surface area contributed by atoms with Crippen LogP contribution in [0.4, 0.5) is 5.82 Å². The predicted molar refractivity (Wildman–Crippen MR) is 83.9 cm³/mol. The molecule has 6 heteroatoms. The van der Waals surface area contributed by atoms with Crippen molar-refractivity contribution in [3.05, 3.63) is 35.4 Å². The molecule has 0 saturated carbocycles. The Hall–Kier alpha value is -1.82. The summed E-state index contributed by atoms with van der Waals surface area (Å²) in [5.41, 5.74) is 10.1. The van der Waals surface area contributed by atoms with Gasteiger partial charge in [0.1, 0.15) is 5.82 Å². The summed E-state index contributed by atoms with van der Waals surface area (Å²) in [5, 5.41) is 4.58. The van der Waals surface area contributed by atoms with Crippen LogP contribution in [0.5, 0.6) is 0 Å². The molecule has 0 spiro atoms. The number of nitrogens with zero attached hydrogens (tertiary/aromatic N) is 2. The molecule has 3 rings (SSSR count). The van der Waals surface area contributed by atoms with E-state index in [0.29, 0.717) is 12.2 Å². The fourth-order valence-corrected chi connectivity index (χ4v) is 4.45. The molecule has 1 fully saturated rings. The zero-order valence-electron chi connectivity index (χ0n) is 12.2. The summed E-state index contributed by atoms with van der Waals surface area (Å²) in [5.74, 6) is 0.911. The van der Waals surface area contributed by atoms with Gasteiger partial charge in [0.25, 0.3) is 0 Å². The van der Waals surface area contributed by atoms with Crippen molar-refractivity contribution >= 4 is 15.7 Å². The van der Waals surface area contributed by atoms with Crippen molar-refractivity contribution in [3.63, 3.8) is 0 Å². The molecule has 0 radical (unpaired) electrons. The quantitative estimate of drug-likeness (QED) is 0.921. The molecule has 5 nitrogen and oxygen atoms in total. The molecule has 1 aromatic heterocycles. The largest absolute Gasteiger partial charge is 0.384 e. The Morgan fingerprint density at radius 2 is 1.90 bits per heavy atom. The first-order valence-corrected chi connectivity index (χ1v) is 8.81. The minimum absolute atomic E-state index is 0.131. The lowest BCUT2D eigenvalue weighted by Crippen LogP contribution is -2.14. The van der Waals surface area contributed by atoms with Gasteiger partial charge in [-0.2, -0.15) is 5.10 Å². The van der Waals surface area contributed by atoms with Gasteiger partial charge in [0.05, 0.1) is 23.2 Å². The smallest absolute Gasteiger partial charge is 0.152 e. The second-order valence-electron chi connectivity index (χ2n) is 5.73.